The van der Waals surface area contributed by atoms with Crippen LogP contribution in [0.5, 0.6) is 0 Å². The molecular formula is C7H11IO. The first kappa shape index (κ1) is 7.51. The van der Waals surface area contributed by atoms with E-state index in [1.807, 2.05) is 0 Å². The Kier molecular flexibility index (Phi) is 2.95. The first-order chi connectivity index (χ1) is 4.33. The van der Waals surface area contributed by atoms with Crippen molar-refractivity contribution in [2.75, 3.05) is 0 Å². The van der Waals surface area contributed by atoms with E-state index < -0.39 is 0 Å². The molecule has 0 bridgehead atoms. The highest BCUT2D eigenvalue weighted by Crippen LogP contribution is 2.27. The predicted molar refractivity (Wildman–Crippen MR) is 45.8 cm³/mol. The van der Waals surface area contributed by atoms with Crippen molar-refractivity contribution in [1.82, 2.24) is 0 Å². The first-order valence-corrected chi connectivity index (χ1v) is 4.67. The number of hydrogen-bond acceptors (Lipinski definition) is 1. The van der Waals surface area contributed by atoms with Gasteiger partial charge in [0, 0.05) is 9.84 Å². The summed E-state index contributed by atoms with van der Waals surface area (Å²) in [6.45, 7) is 0. The van der Waals surface area contributed by atoms with Gasteiger partial charge in [-0.25, -0.2) is 0 Å². The lowest BCUT2D eigenvalue weighted by molar-refractivity contribution is -0.111. The summed E-state index contributed by atoms with van der Waals surface area (Å²) in [6, 6.07) is 0. The van der Waals surface area contributed by atoms with Crippen molar-refractivity contribution in [2.45, 2.75) is 29.6 Å². The average molecular weight is 238 g/mol. The topological polar surface area (TPSA) is 17.1 Å². The summed E-state index contributed by atoms with van der Waals surface area (Å²) in [7, 11) is 0. The molecule has 1 saturated carbocycles. The van der Waals surface area contributed by atoms with E-state index in [0.29, 0.717) is 5.92 Å². The van der Waals surface area contributed by atoms with Crippen LogP contribution in [-0.2, 0) is 4.79 Å². The zero-order valence-electron chi connectivity index (χ0n) is 5.35. The normalized spacial score (nSPS) is 36.1. The van der Waals surface area contributed by atoms with Gasteiger partial charge in [0.2, 0.25) is 0 Å². The summed E-state index contributed by atoms with van der Waals surface area (Å²) in [5.74, 6) is 0.376. The molecule has 2 heteroatoms. The SMILES string of the molecule is O=CC1CCCC(I)C1. The van der Waals surface area contributed by atoms with Crippen LogP contribution in [-0.4, -0.2) is 10.2 Å². The fourth-order valence-corrected chi connectivity index (χ4v) is 2.38. The lowest BCUT2D eigenvalue weighted by Gasteiger charge is -2.20. The molecule has 2 unspecified atom stereocenters. The van der Waals surface area contributed by atoms with Gasteiger partial charge in [-0.1, -0.05) is 29.0 Å². The van der Waals surface area contributed by atoms with Gasteiger partial charge in [-0.2, -0.15) is 0 Å². The third kappa shape index (κ3) is 2.24. The molecule has 52 valence electrons. The van der Waals surface area contributed by atoms with Crippen LogP contribution in [0.25, 0.3) is 0 Å². The van der Waals surface area contributed by atoms with Crippen LogP contribution in [0.15, 0.2) is 0 Å². The Bertz CT molecular complexity index is 103. The second-order valence-corrected chi connectivity index (χ2v) is 4.42. The van der Waals surface area contributed by atoms with Crippen LogP contribution in [0.4, 0.5) is 0 Å². The van der Waals surface area contributed by atoms with Crippen molar-refractivity contribution >= 4 is 28.9 Å². The minimum atomic E-state index is 0.376. The van der Waals surface area contributed by atoms with Crippen molar-refractivity contribution in [1.29, 1.82) is 0 Å². The highest BCUT2D eigenvalue weighted by Gasteiger charge is 2.18. The number of carbonyl (C=O) groups is 1. The Hall–Kier alpha value is 0.400. The lowest BCUT2D eigenvalue weighted by Crippen LogP contribution is -2.15. The molecule has 0 aliphatic heterocycles. The van der Waals surface area contributed by atoms with Gasteiger partial charge in [-0.05, 0) is 19.3 Å². The second-order valence-electron chi connectivity index (χ2n) is 2.66. The first-order valence-electron chi connectivity index (χ1n) is 3.42. The smallest absolute Gasteiger partial charge is 0.123 e. The summed E-state index contributed by atoms with van der Waals surface area (Å²) in [5.41, 5.74) is 0. The molecule has 0 N–H and O–H groups in total. The number of carbonyl (C=O) groups excluding carboxylic acids is 1. The van der Waals surface area contributed by atoms with Crippen molar-refractivity contribution in [3.63, 3.8) is 0 Å². The van der Waals surface area contributed by atoms with Crippen LogP contribution >= 0.6 is 22.6 Å². The van der Waals surface area contributed by atoms with Gasteiger partial charge >= 0.3 is 0 Å². The van der Waals surface area contributed by atoms with Crippen LogP contribution in [0.2, 0.25) is 0 Å². The Balaban J connectivity index is 2.31. The number of alkyl halides is 1. The standard InChI is InChI=1S/C7H11IO/c8-7-3-1-2-6(4-7)5-9/h5-7H,1-4H2. The molecule has 0 aromatic heterocycles. The third-order valence-corrected chi connectivity index (χ3v) is 2.97. The summed E-state index contributed by atoms with van der Waals surface area (Å²) >= 11 is 2.44. The maximum absolute atomic E-state index is 10.3. The highest BCUT2D eigenvalue weighted by atomic mass is 127. The summed E-state index contributed by atoms with van der Waals surface area (Å²) in [5, 5.41) is 0. The molecule has 0 aromatic carbocycles. The summed E-state index contributed by atoms with van der Waals surface area (Å²) in [6.07, 6.45) is 5.92. The number of rotatable bonds is 1. The molecule has 2 atom stereocenters. The summed E-state index contributed by atoms with van der Waals surface area (Å²) < 4.78 is 0.756. The molecule has 1 fully saturated rings. The Morgan fingerprint density at radius 1 is 1.44 bits per heavy atom. The van der Waals surface area contributed by atoms with Gasteiger partial charge in [0.1, 0.15) is 6.29 Å². The van der Waals surface area contributed by atoms with Crippen molar-refractivity contribution in [2.24, 2.45) is 5.92 Å². The Morgan fingerprint density at radius 3 is 2.67 bits per heavy atom. The van der Waals surface area contributed by atoms with Gasteiger partial charge < -0.3 is 4.79 Å². The highest BCUT2D eigenvalue weighted by molar-refractivity contribution is 14.1. The third-order valence-electron chi connectivity index (χ3n) is 1.84. The van der Waals surface area contributed by atoms with Crippen LogP contribution < -0.4 is 0 Å². The van der Waals surface area contributed by atoms with Gasteiger partial charge in [0.15, 0.2) is 0 Å². The molecule has 9 heavy (non-hydrogen) atoms. The maximum Gasteiger partial charge on any atom is 0.123 e. The Morgan fingerprint density at radius 2 is 2.22 bits per heavy atom. The molecule has 0 saturated heterocycles. The molecule has 1 aliphatic carbocycles. The average Bonchev–Trinajstić information content (AvgIpc) is 1.88. The van der Waals surface area contributed by atoms with Crippen molar-refractivity contribution in [3.05, 3.63) is 0 Å². The molecule has 0 amide bonds. The van der Waals surface area contributed by atoms with Crippen molar-refractivity contribution < 1.29 is 4.79 Å². The largest absolute Gasteiger partial charge is 0.303 e. The van der Waals surface area contributed by atoms with Crippen LogP contribution in [0.1, 0.15) is 25.7 Å². The second kappa shape index (κ2) is 3.54. The van der Waals surface area contributed by atoms with Gasteiger partial charge in [0.25, 0.3) is 0 Å². The monoisotopic (exact) mass is 238 g/mol. The van der Waals surface area contributed by atoms with E-state index in [1.54, 1.807) is 0 Å². The maximum atomic E-state index is 10.3. The molecule has 0 aromatic rings. The van der Waals surface area contributed by atoms with E-state index in [1.165, 1.54) is 12.8 Å². The predicted octanol–water partition coefficient (Wildman–Crippen LogP) is 2.18. The van der Waals surface area contributed by atoms with Crippen LogP contribution in [0, 0.1) is 5.92 Å². The van der Waals surface area contributed by atoms with Crippen molar-refractivity contribution in [3.8, 4) is 0 Å². The summed E-state index contributed by atoms with van der Waals surface area (Å²) in [4.78, 5) is 10.3. The molecular weight excluding hydrogens is 227 g/mol. The molecule has 0 spiro atoms. The molecule has 1 nitrogen and oxygen atoms in total. The van der Waals surface area contributed by atoms with Gasteiger partial charge in [0.05, 0.1) is 0 Å². The molecule has 0 heterocycles. The number of aldehydes is 1. The van der Waals surface area contributed by atoms with E-state index in [9.17, 15) is 4.79 Å². The zero-order chi connectivity index (χ0) is 6.69. The number of halogens is 1. The minimum absolute atomic E-state index is 0.376. The van der Waals surface area contributed by atoms with Gasteiger partial charge in [-0.3, -0.25) is 0 Å². The van der Waals surface area contributed by atoms with E-state index in [0.717, 1.165) is 23.1 Å². The van der Waals surface area contributed by atoms with E-state index in [2.05, 4.69) is 22.6 Å². The molecule has 1 aliphatic rings. The van der Waals surface area contributed by atoms with E-state index in [-0.39, 0.29) is 0 Å². The Labute approximate surface area is 69.3 Å². The lowest BCUT2D eigenvalue weighted by atomic mass is 9.91. The fraction of sp³-hybridized carbons (Fsp3) is 0.857. The number of hydrogen-bond donors (Lipinski definition) is 0. The van der Waals surface area contributed by atoms with Gasteiger partial charge in [-0.15, -0.1) is 0 Å². The molecule has 0 radical (unpaired) electrons. The van der Waals surface area contributed by atoms with E-state index >= 15 is 0 Å². The minimum Gasteiger partial charge on any atom is -0.303 e. The fourth-order valence-electron chi connectivity index (χ4n) is 1.29. The zero-order valence-corrected chi connectivity index (χ0v) is 7.50. The van der Waals surface area contributed by atoms with E-state index in [4.69, 9.17) is 0 Å². The van der Waals surface area contributed by atoms with Crippen LogP contribution in [0.3, 0.4) is 0 Å². The molecule has 1 rings (SSSR count). The quantitative estimate of drug-likeness (QED) is 0.388.